The van der Waals surface area contributed by atoms with Crippen LogP contribution in [0.2, 0.25) is 0 Å². The fourth-order valence-electron chi connectivity index (χ4n) is 1.96. The fourth-order valence-corrected chi connectivity index (χ4v) is 3.06. The van der Waals surface area contributed by atoms with E-state index in [4.69, 9.17) is 10.5 Å². The molecule has 0 saturated carbocycles. The molecule has 1 aromatic carbocycles. The molecular weight excluding hydrogens is 294 g/mol. The number of amides is 1. The number of hydrogen-bond acceptors (Lipinski definition) is 5. The quantitative estimate of drug-likeness (QED) is 0.659. The molecule has 1 aliphatic rings. The maximum atomic E-state index is 12.1. The number of carbonyl (C=O) groups is 1. The number of carbonyl (C=O) groups excluding carboxylic acids is 1. The molecular formula is C13H19N3O4S. The van der Waals surface area contributed by atoms with Crippen LogP contribution in [0.15, 0.2) is 23.1 Å². The molecule has 2 rings (SSSR count). The summed E-state index contributed by atoms with van der Waals surface area (Å²) in [5.41, 5.74) is 5.70. The van der Waals surface area contributed by atoms with Gasteiger partial charge in [-0.1, -0.05) is 6.92 Å². The third kappa shape index (κ3) is 3.52. The number of ether oxygens (including phenoxy) is 1. The molecule has 0 aliphatic carbocycles. The Morgan fingerprint density at radius 1 is 1.43 bits per heavy atom. The Bertz CT molecular complexity index is 630. The Balaban J connectivity index is 2.22. The number of rotatable bonds is 6. The van der Waals surface area contributed by atoms with Gasteiger partial charge in [0.2, 0.25) is 10.0 Å². The summed E-state index contributed by atoms with van der Waals surface area (Å²) in [5.74, 6) is 0.206. The number of fused-ring (bicyclic) bond motifs is 1. The Morgan fingerprint density at radius 3 is 2.86 bits per heavy atom. The van der Waals surface area contributed by atoms with E-state index in [1.807, 2.05) is 6.92 Å². The zero-order valence-corrected chi connectivity index (χ0v) is 12.6. The van der Waals surface area contributed by atoms with Gasteiger partial charge in [-0.05, 0) is 37.6 Å². The number of nitrogens with two attached hydrogens (primary N) is 1. The van der Waals surface area contributed by atoms with Crippen molar-refractivity contribution in [3.63, 3.8) is 0 Å². The zero-order chi connectivity index (χ0) is 15.5. The molecule has 1 aliphatic heterocycles. The molecule has 0 saturated heterocycles. The van der Waals surface area contributed by atoms with Gasteiger partial charge in [0, 0.05) is 6.54 Å². The molecule has 0 fully saturated rings. The van der Waals surface area contributed by atoms with Gasteiger partial charge in [0.1, 0.15) is 5.75 Å². The third-order valence-corrected chi connectivity index (χ3v) is 4.58. The lowest BCUT2D eigenvalue weighted by atomic mass is 10.2. The van der Waals surface area contributed by atoms with Crippen LogP contribution in [0, 0.1) is 0 Å². The van der Waals surface area contributed by atoms with Crippen LogP contribution in [-0.4, -0.2) is 33.5 Å². The lowest BCUT2D eigenvalue weighted by Crippen LogP contribution is -2.36. The monoisotopic (exact) mass is 313 g/mol. The van der Waals surface area contributed by atoms with Gasteiger partial charge < -0.3 is 15.8 Å². The zero-order valence-electron chi connectivity index (χ0n) is 11.8. The van der Waals surface area contributed by atoms with Crippen LogP contribution in [0.5, 0.6) is 5.75 Å². The molecule has 1 amide bonds. The molecule has 0 spiro atoms. The number of nitrogens with one attached hydrogen (secondary N) is 2. The normalized spacial score (nSPS) is 17.8. The van der Waals surface area contributed by atoms with E-state index in [1.54, 1.807) is 6.07 Å². The van der Waals surface area contributed by atoms with Gasteiger partial charge in [-0.3, -0.25) is 4.79 Å². The Hall–Kier alpha value is -1.64. The van der Waals surface area contributed by atoms with Crippen molar-refractivity contribution in [3.8, 4) is 5.75 Å². The van der Waals surface area contributed by atoms with Gasteiger partial charge >= 0.3 is 0 Å². The van der Waals surface area contributed by atoms with Crippen molar-refractivity contribution in [1.82, 2.24) is 4.72 Å². The number of hydrogen-bond donors (Lipinski definition) is 3. The van der Waals surface area contributed by atoms with Crippen LogP contribution in [0.4, 0.5) is 5.69 Å². The van der Waals surface area contributed by atoms with E-state index in [2.05, 4.69) is 10.0 Å². The SMILES string of the molecule is CCC1Oc2ccc(S(=O)(=O)NCCCN)cc2NC1=O. The molecule has 0 radical (unpaired) electrons. The molecule has 1 aromatic rings. The lowest BCUT2D eigenvalue weighted by Gasteiger charge is -2.25. The van der Waals surface area contributed by atoms with Crippen molar-refractivity contribution in [2.24, 2.45) is 5.73 Å². The first-order valence-electron chi connectivity index (χ1n) is 6.79. The second kappa shape index (κ2) is 6.42. The van der Waals surface area contributed by atoms with Gasteiger partial charge in [0.05, 0.1) is 10.6 Å². The summed E-state index contributed by atoms with van der Waals surface area (Å²) in [7, 11) is -3.61. The molecule has 21 heavy (non-hydrogen) atoms. The first-order chi connectivity index (χ1) is 9.97. The lowest BCUT2D eigenvalue weighted by molar-refractivity contribution is -0.123. The van der Waals surface area contributed by atoms with Gasteiger partial charge in [0.15, 0.2) is 6.10 Å². The summed E-state index contributed by atoms with van der Waals surface area (Å²) >= 11 is 0. The maximum absolute atomic E-state index is 12.1. The van der Waals surface area contributed by atoms with Crippen molar-refractivity contribution in [2.75, 3.05) is 18.4 Å². The van der Waals surface area contributed by atoms with Gasteiger partial charge in [-0.25, -0.2) is 13.1 Å². The molecule has 0 aromatic heterocycles. The van der Waals surface area contributed by atoms with E-state index in [-0.39, 0.29) is 17.3 Å². The van der Waals surface area contributed by atoms with E-state index in [0.717, 1.165) is 0 Å². The molecule has 1 unspecified atom stereocenters. The predicted octanol–water partition coefficient (Wildman–Crippen LogP) is 0.423. The van der Waals surface area contributed by atoms with Crippen molar-refractivity contribution in [1.29, 1.82) is 0 Å². The van der Waals surface area contributed by atoms with Crippen molar-refractivity contribution < 1.29 is 17.9 Å². The van der Waals surface area contributed by atoms with Crippen LogP contribution >= 0.6 is 0 Å². The third-order valence-electron chi connectivity index (χ3n) is 3.12. The van der Waals surface area contributed by atoms with E-state index in [0.29, 0.717) is 30.8 Å². The average molecular weight is 313 g/mol. The molecule has 1 atom stereocenters. The topological polar surface area (TPSA) is 111 Å². The summed E-state index contributed by atoms with van der Waals surface area (Å²) in [5, 5.41) is 2.66. The number of sulfonamides is 1. The van der Waals surface area contributed by atoms with Gasteiger partial charge in [-0.15, -0.1) is 0 Å². The minimum Gasteiger partial charge on any atom is -0.478 e. The maximum Gasteiger partial charge on any atom is 0.265 e. The second-order valence-corrected chi connectivity index (χ2v) is 6.47. The molecule has 116 valence electrons. The Kier molecular flexibility index (Phi) is 4.81. The highest BCUT2D eigenvalue weighted by Gasteiger charge is 2.27. The predicted molar refractivity (Wildman–Crippen MR) is 78.6 cm³/mol. The highest BCUT2D eigenvalue weighted by atomic mass is 32.2. The Labute approximate surface area is 123 Å². The largest absolute Gasteiger partial charge is 0.478 e. The highest BCUT2D eigenvalue weighted by Crippen LogP contribution is 2.32. The fraction of sp³-hybridized carbons (Fsp3) is 0.462. The smallest absolute Gasteiger partial charge is 0.265 e. The number of benzene rings is 1. The summed E-state index contributed by atoms with van der Waals surface area (Å²) in [6, 6.07) is 4.40. The van der Waals surface area contributed by atoms with Crippen LogP contribution in [0.1, 0.15) is 19.8 Å². The minimum absolute atomic E-state index is 0.0807. The van der Waals surface area contributed by atoms with Gasteiger partial charge in [0.25, 0.3) is 5.91 Å². The highest BCUT2D eigenvalue weighted by molar-refractivity contribution is 7.89. The van der Waals surface area contributed by atoms with E-state index < -0.39 is 16.1 Å². The van der Waals surface area contributed by atoms with Crippen molar-refractivity contribution in [3.05, 3.63) is 18.2 Å². The average Bonchev–Trinajstić information content (AvgIpc) is 2.46. The summed E-state index contributed by atoms with van der Waals surface area (Å²) < 4.78 is 32.1. The van der Waals surface area contributed by atoms with Crippen LogP contribution in [0.3, 0.4) is 0 Å². The standard InChI is InChI=1S/C13H19N3O4S/c1-2-11-13(17)16-10-8-9(4-5-12(10)20-11)21(18,19)15-7-3-6-14/h4-5,8,11,15H,2-3,6-7,14H2,1H3,(H,16,17). The molecule has 7 nitrogen and oxygen atoms in total. The van der Waals surface area contributed by atoms with E-state index in [1.165, 1.54) is 12.1 Å². The van der Waals surface area contributed by atoms with Crippen LogP contribution in [-0.2, 0) is 14.8 Å². The van der Waals surface area contributed by atoms with Crippen molar-refractivity contribution >= 4 is 21.6 Å². The molecule has 1 heterocycles. The first kappa shape index (κ1) is 15.7. The first-order valence-corrected chi connectivity index (χ1v) is 8.27. The van der Waals surface area contributed by atoms with E-state index >= 15 is 0 Å². The summed E-state index contributed by atoms with van der Waals surface area (Å²) in [4.78, 5) is 11.8. The number of anilines is 1. The molecule has 8 heteroatoms. The van der Waals surface area contributed by atoms with Crippen molar-refractivity contribution in [2.45, 2.75) is 30.8 Å². The molecule has 0 bridgehead atoms. The van der Waals surface area contributed by atoms with E-state index in [9.17, 15) is 13.2 Å². The summed E-state index contributed by atoms with van der Waals surface area (Å²) in [6.07, 6.45) is 0.566. The van der Waals surface area contributed by atoms with Crippen LogP contribution in [0.25, 0.3) is 0 Å². The van der Waals surface area contributed by atoms with Crippen LogP contribution < -0.4 is 20.5 Å². The van der Waals surface area contributed by atoms with Gasteiger partial charge in [-0.2, -0.15) is 0 Å². The summed E-state index contributed by atoms with van der Waals surface area (Å²) in [6.45, 7) is 2.53. The minimum atomic E-state index is -3.61. The second-order valence-electron chi connectivity index (χ2n) is 4.70. The Morgan fingerprint density at radius 2 is 2.19 bits per heavy atom. The molecule has 4 N–H and O–H groups in total.